The normalized spacial score (nSPS) is 10.4. The average molecular weight is 335 g/mol. The Morgan fingerprint density at radius 3 is 2.62 bits per heavy atom. The summed E-state index contributed by atoms with van der Waals surface area (Å²) in [6, 6.07) is 5.64. The second-order valence-electron chi connectivity index (χ2n) is 4.93. The molecule has 1 aromatic heterocycles. The fourth-order valence-electron chi connectivity index (χ4n) is 1.97. The van der Waals surface area contributed by atoms with Gasteiger partial charge in [0.1, 0.15) is 17.2 Å². The van der Waals surface area contributed by atoms with E-state index in [0.717, 1.165) is 4.57 Å². The Kier molecular flexibility index (Phi) is 4.93. The second-order valence-corrected chi connectivity index (χ2v) is 4.93. The number of ether oxygens (including phenoxy) is 1. The summed E-state index contributed by atoms with van der Waals surface area (Å²) in [5.74, 6) is -2.61. The lowest BCUT2D eigenvalue weighted by Gasteiger charge is -2.08. The number of ketones is 1. The summed E-state index contributed by atoms with van der Waals surface area (Å²) in [6.07, 6.45) is -0.362. The maximum atomic E-state index is 13.4. The Hall–Kier alpha value is -3.23. The van der Waals surface area contributed by atoms with E-state index in [1.807, 2.05) is 4.98 Å². The minimum Gasteiger partial charge on any atom is -0.457 e. The number of H-pyrrole nitrogens is 1. The number of Topliss-reactive ketones (excluding diaryl/α,β-unsaturated/α-hetero) is 1. The number of nitrogens with one attached hydrogen (secondary N) is 1. The first-order chi connectivity index (χ1) is 11.3. The molecule has 0 radical (unpaired) electrons. The molecule has 0 saturated heterocycles. The fraction of sp³-hybridized carbons (Fsp3) is 0.200. The number of carbonyl (C=O) groups is 2. The number of nitrogen functional groups attached to an aromatic ring is 1. The fourth-order valence-corrected chi connectivity index (χ4v) is 1.97. The highest BCUT2D eigenvalue weighted by atomic mass is 19.1. The van der Waals surface area contributed by atoms with Crippen molar-refractivity contribution in [1.82, 2.24) is 9.55 Å². The number of hydrogen-bond donors (Lipinski definition) is 2. The summed E-state index contributed by atoms with van der Waals surface area (Å²) in [5.41, 5.74) is 3.47. The van der Waals surface area contributed by atoms with Gasteiger partial charge in [0.2, 0.25) is 5.78 Å². The van der Waals surface area contributed by atoms with Gasteiger partial charge in [0.15, 0.2) is 6.61 Å². The molecule has 0 fully saturated rings. The number of aromatic amines is 1. The van der Waals surface area contributed by atoms with Gasteiger partial charge in [0, 0.05) is 7.05 Å². The minimum atomic E-state index is -0.967. The van der Waals surface area contributed by atoms with Crippen molar-refractivity contribution in [3.63, 3.8) is 0 Å². The Balaban J connectivity index is 2.08. The van der Waals surface area contributed by atoms with Crippen molar-refractivity contribution in [2.45, 2.75) is 6.42 Å². The average Bonchev–Trinajstić information content (AvgIpc) is 2.53. The van der Waals surface area contributed by atoms with E-state index in [2.05, 4.69) is 0 Å². The van der Waals surface area contributed by atoms with Crippen molar-refractivity contribution in [2.75, 3.05) is 12.3 Å². The number of nitrogens with zero attached hydrogens (tertiary/aromatic N) is 1. The number of hydrogen-bond acceptors (Lipinski definition) is 6. The molecule has 2 aromatic rings. The lowest BCUT2D eigenvalue weighted by Crippen LogP contribution is -2.35. The predicted octanol–water partition coefficient (Wildman–Crippen LogP) is -0.237. The summed E-state index contributed by atoms with van der Waals surface area (Å²) in [5, 5.41) is 0. The summed E-state index contributed by atoms with van der Waals surface area (Å²) < 4.78 is 19.1. The monoisotopic (exact) mass is 335 g/mol. The summed E-state index contributed by atoms with van der Waals surface area (Å²) in [7, 11) is 1.27. The van der Waals surface area contributed by atoms with Crippen LogP contribution in [0.4, 0.5) is 10.2 Å². The molecule has 0 bridgehead atoms. The van der Waals surface area contributed by atoms with Crippen LogP contribution >= 0.6 is 0 Å². The van der Waals surface area contributed by atoms with E-state index in [1.54, 1.807) is 6.07 Å². The highest BCUT2D eigenvalue weighted by Gasteiger charge is 2.20. The van der Waals surface area contributed by atoms with Crippen LogP contribution in [0.25, 0.3) is 0 Å². The van der Waals surface area contributed by atoms with E-state index < -0.39 is 41.0 Å². The first kappa shape index (κ1) is 17.1. The first-order valence-corrected chi connectivity index (χ1v) is 6.82. The van der Waals surface area contributed by atoms with Gasteiger partial charge in [-0.2, -0.15) is 0 Å². The molecular weight excluding hydrogens is 321 g/mol. The van der Waals surface area contributed by atoms with Gasteiger partial charge in [-0.05, 0) is 11.6 Å². The SMILES string of the molecule is Cn1c(N)c(C(=O)COC(=O)Cc2ccccc2F)c(=O)[nH]c1=O. The number of rotatable bonds is 5. The Morgan fingerprint density at radius 2 is 1.96 bits per heavy atom. The third-order valence-electron chi connectivity index (χ3n) is 3.31. The summed E-state index contributed by atoms with van der Waals surface area (Å²) in [4.78, 5) is 48.6. The van der Waals surface area contributed by atoms with E-state index in [1.165, 1.54) is 25.2 Å². The molecule has 0 amide bonds. The molecule has 0 aliphatic heterocycles. The lowest BCUT2D eigenvalue weighted by molar-refractivity contribution is -0.141. The molecule has 24 heavy (non-hydrogen) atoms. The van der Waals surface area contributed by atoms with Crippen molar-refractivity contribution in [3.8, 4) is 0 Å². The van der Waals surface area contributed by atoms with E-state index in [4.69, 9.17) is 10.5 Å². The Morgan fingerprint density at radius 1 is 1.29 bits per heavy atom. The zero-order chi connectivity index (χ0) is 17.9. The van der Waals surface area contributed by atoms with Gasteiger partial charge in [-0.1, -0.05) is 18.2 Å². The maximum absolute atomic E-state index is 13.4. The Bertz CT molecular complexity index is 916. The third kappa shape index (κ3) is 3.57. The van der Waals surface area contributed by atoms with Gasteiger partial charge >= 0.3 is 11.7 Å². The van der Waals surface area contributed by atoms with Gasteiger partial charge in [-0.25, -0.2) is 9.18 Å². The minimum absolute atomic E-state index is 0.120. The molecule has 0 atom stereocenters. The number of esters is 1. The van der Waals surface area contributed by atoms with Crippen molar-refractivity contribution in [2.24, 2.45) is 7.05 Å². The molecule has 9 heteroatoms. The van der Waals surface area contributed by atoms with Crippen LogP contribution in [-0.2, 0) is 23.0 Å². The molecule has 1 aromatic carbocycles. The number of carbonyl (C=O) groups excluding carboxylic acids is 2. The van der Waals surface area contributed by atoms with Gasteiger partial charge in [-0.15, -0.1) is 0 Å². The highest BCUT2D eigenvalue weighted by molar-refractivity contribution is 6.01. The molecule has 2 rings (SSSR count). The molecule has 0 aliphatic carbocycles. The molecule has 3 N–H and O–H groups in total. The van der Waals surface area contributed by atoms with Crippen LogP contribution in [0.3, 0.4) is 0 Å². The van der Waals surface area contributed by atoms with Crippen LogP contribution in [-0.4, -0.2) is 27.9 Å². The maximum Gasteiger partial charge on any atom is 0.329 e. The van der Waals surface area contributed by atoms with Gasteiger partial charge < -0.3 is 10.5 Å². The standard InChI is InChI=1S/C15H14FN3O5/c1-19-13(17)12(14(22)18-15(19)23)10(20)7-24-11(21)6-8-4-2-3-5-9(8)16/h2-5H,6-7,17H2,1H3,(H,18,22,23). The second kappa shape index (κ2) is 6.90. The van der Waals surface area contributed by atoms with E-state index >= 15 is 0 Å². The third-order valence-corrected chi connectivity index (χ3v) is 3.31. The summed E-state index contributed by atoms with van der Waals surface area (Å²) in [6.45, 7) is -0.751. The highest BCUT2D eigenvalue weighted by Crippen LogP contribution is 2.08. The van der Waals surface area contributed by atoms with Gasteiger partial charge in [-0.3, -0.25) is 23.9 Å². The smallest absolute Gasteiger partial charge is 0.329 e. The predicted molar refractivity (Wildman–Crippen MR) is 82.1 cm³/mol. The van der Waals surface area contributed by atoms with Crippen LogP contribution in [0, 0.1) is 5.82 Å². The van der Waals surface area contributed by atoms with Crippen LogP contribution in [0.15, 0.2) is 33.9 Å². The number of halogens is 1. The topological polar surface area (TPSA) is 124 Å². The van der Waals surface area contributed by atoms with E-state index in [9.17, 15) is 23.6 Å². The molecular formula is C15H14FN3O5. The van der Waals surface area contributed by atoms with Crippen molar-refractivity contribution in [1.29, 1.82) is 0 Å². The van der Waals surface area contributed by atoms with Gasteiger partial charge in [0.25, 0.3) is 5.56 Å². The number of benzene rings is 1. The molecule has 0 unspecified atom stereocenters. The van der Waals surface area contributed by atoms with E-state index in [0.29, 0.717) is 0 Å². The van der Waals surface area contributed by atoms with Crippen LogP contribution in [0.5, 0.6) is 0 Å². The largest absolute Gasteiger partial charge is 0.457 e. The summed E-state index contributed by atoms with van der Waals surface area (Å²) >= 11 is 0. The van der Waals surface area contributed by atoms with E-state index in [-0.39, 0.29) is 17.8 Å². The molecule has 8 nitrogen and oxygen atoms in total. The van der Waals surface area contributed by atoms with Crippen molar-refractivity contribution in [3.05, 3.63) is 62.0 Å². The van der Waals surface area contributed by atoms with Crippen LogP contribution < -0.4 is 17.0 Å². The zero-order valence-electron chi connectivity index (χ0n) is 12.7. The lowest BCUT2D eigenvalue weighted by atomic mass is 10.1. The number of anilines is 1. The van der Waals surface area contributed by atoms with Gasteiger partial charge in [0.05, 0.1) is 6.42 Å². The zero-order valence-corrected chi connectivity index (χ0v) is 12.7. The van der Waals surface area contributed by atoms with Crippen LogP contribution in [0.2, 0.25) is 0 Å². The first-order valence-electron chi connectivity index (χ1n) is 6.82. The molecule has 0 aliphatic rings. The molecule has 1 heterocycles. The Labute approximate surface area is 134 Å². The molecule has 0 spiro atoms. The van der Waals surface area contributed by atoms with Crippen LogP contribution in [0.1, 0.15) is 15.9 Å². The molecule has 0 saturated carbocycles. The molecule has 126 valence electrons. The van der Waals surface area contributed by atoms with Crippen molar-refractivity contribution < 1.29 is 18.7 Å². The number of aromatic nitrogens is 2. The quantitative estimate of drug-likeness (QED) is 0.574. The van der Waals surface area contributed by atoms with Crippen molar-refractivity contribution >= 4 is 17.6 Å². The number of nitrogens with two attached hydrogens (primary N) is 1.